The summed E-state index contributed by atoms with van der Waals surface area (Å²) in [5.74, 6) is 0.137. The smallest absolute Gasteiger partial charge is 0.249 e. The van der Waals surface area contributed by atoms with E-state index in [1.807, 2.05) is 24.3 Å². The molecule has 1 heterocycles. The van der Waals surface area contributed by atoms with Gasteiger partial charge in [-0.2, -0.15) is 0 Å². The molecule has 142 valence electrons. The zero-order valence-electron chi connectivity index (χ0n) is 15.2. The molecular formula is C20H29N3O3. The van der Waals surface area contributed by atoms with Crippen molar-refractivity contribution in [2.45, 2.75) is 63.7 Å². The Kier molecular flexibility index (Phi) is 6.63. The SMILES string of the molecule is NC[C@H]1CC[C@@H](C(=O)NCc2cccc(NC(=O)C3CCCCC3)c2)O1. The maximum Gasteiger partial charge on any atom is 0.249 e. The minimum Gasteiger partial charge on any atom is -0.364 e. The summed E-state index contributed by atoms with van der Waals surface area (Å²) < 4.78 is 5.61. The fraction of sp³-hybridized carbons (Fsp3) is 0.600. The van der Waals surface area contributed by atoms with Crippen molar-refractivity contribution >= 4 is 17.5 Å². The van der Waals surface area contributed by atoms with E-state index in [-0.39, 0.29) is 23.8 Å². The first-order valence-corrected chi connectivity index (χ1v) is 9.68. The van der Waals surface area contributed by atoms with Crippen molar-refractivity contribution in [3.63, 3.8) is 0 Å². The van der Waals surface area contributed by atoms with Crippen LogP contribution in [0.3, 0.4) is 0 Å². The Morgan fingerprint density at radius 3 is 2.62 bits per heavy atom. The average Bonchev–Trinajstić information content (AvgIpc) is 3.16. The average molecular weight is 359 g/mol. The number of nitrogens with one attached hydrogen (secondary N) is 2. The Bertz CT molecular complexity index is 628. The predicted octanol–water partition coefficient (Wildman–Crippen LogP) is 2.33. The lowest BCUT2D eigenvalue weighted by atomic mass is 9.88. The molecule has 2 amide bonds. The van der Waals surface area contributed by atoms with E-state index in [0.29, 0.717) is 19.5 Å². The summed E-state index contributed by atoms with van der Waals surface area (Å²) in [7, 11) is 0. The van der Waals surface area contributed by atoms with Crippen molar-refractivity contribution in [2.75, 3.05) is 11.9 Å². The van der Waals surface area contributed by atoms with Gasteiger partial charge in [0.1, 0.15) is 6.10 Å². The van der Waals surface area contributed by atoms with Crippen LogP contribution < -0.4 is 16.4 Å². The number of ether oxygens (including phenoxy) is 1. The van der Waals surface area contributed by atoms with Crippen LogP contribution in [0.1, 0.15) is 50.5 Å². The number of benzene rings is 1. The first-order valence-electron chi connectivity index (χ1n) is 9.68. The van der Waals surface area contributed by atoms with Gasteiger partial charge in [-0.05, 0) is 43.4 Å². The van der Waals surface area contributed by atoms with Gasteiger partial charge in [-0.25, -0.2) is 0 Å². The first-order chi connectivity index (χ1) is 12.7. The number of amides is 2. The zero-order chi connectivity index (χ0) is 18.4. The Hall–Kier alpha value is -1.92. The second-order valence-corrected chi connectivity index (χ2v) is 7.30. The second kappa shape index (κ2) is 9.14. The van der Waals surface area contributed by atoms with Gasteiger partial charge in [0.05, 0.1) is 6.10 Å². The molecule has 2 aliphatic rings. The number of hydrogen-bond donors (Lipinski definition) is 3. The molecule has 1 aliphatic heterocycles. The fourth-order valence-electron chi connectivity index (χ4n) is 3.74. The maximum atomic E-state index is 12.4. The monoisotopic (exact) mass is 359 g/mol. The number of rotatable bonds is 6. The van der Waals surface area contributed by atoms with Crippen LogP contribution in [-0.2, 0) is 20.9 Å². The summed E-state index contributed by atoms with van der Waals surface area (Å²) >= 11 is 0. The molecule has 1 saturated heterocycles. The Morgan fingerprint density at radius 2 is 1.88 bits per heavy atom. The van der Waals surface area contributed by atoms with E-state index in [1.54, 1.807) is 0 Å². The van der Waals surface area contributed by atoms with Gasteiger partial charge in [0, 0.05) is 24.7 Å². The summed E-state index contributed by atoms with van der Waals surface area (Å²) in [6, 6.07) is 7.64. The van der Waals surface area contributed by atoms with Crippen LogP contribution in [-0.4, -0.2) is 30.6 Å². The van der Waals surface area contributed by atoms with Crippen LogP contribution in [0.15, 0.2) is 24.3 Å². The van der Waals surface area contributed by atoms with Crippen LogP contribution in [0.2, 0.25) is 0 Å². The highest BCUT2D eigenvalue weighted by Gasteiger charge is 2.29. The van der Waals surface area contributed by atoms with E-state index < -0.39 is 6.10 Å². The number of carbonyl (C=O) groups excluding carboxylic acids is 2. The normalized spacial score (nSPS) is 23.6. The number of hydrogen-bond acceptors (Lipinski definition) is 4. The van der Waals surface area contributed by atoms with E-state index in [4.69, 9.17) is 10.5 Å². The predicted molar refractivity (Wildman–Crippen MR) is 100 cm³/mol. The molecule has 26 heavy (non-hydrogen) atoms. The lowest BCUT2D eigenvalue weighted by molar-refractivity contribution is -0.132. The van der Waals surface area contributed by atoms with Crippen molar-refractivity contribution < 1.29 is 14.3 Å². The molecule has 1 aromatic rings. The standard InChI is InChI=1S/C20H29N3O3/c21-12-17-9-10-18(26-17)20(25)22-13-14-5-4-8-16(11-14)23-19(24)15-6-2-1-3-7-15/h4-5,8,11,15,17-18H,1-3,6-7,9-10,12-13,21H2,(H,22,25)(H,23,24)/t17-,18+/m1/s1. The number of carbonyl (C=O) groups is 2. The van der Waals surface area contributed by atoms with E-state index in [9.17, 15) is 9.59 Å². The van der Waals surface area contributed by atoms with Crippen LogP contribution >= 0.6 is 0 Å². The molecule has 1 aromatic carbocycles. The van der Waals surface area contributed by atoms with Crippen molar-refractivity contribution in [3.05, 3.63) is 29.8 Å². The van der Waals surface area contributed by atoms with Gasteiger partial charge < -0.3 is 21.1 Å². The van der Waals surface area contributed by atoms with E-state index in [2.05, 4.69) is 10.6 Å². The van der Waals surface area contributed by atoms with Crippen LogP contribution in [0.4, 0.5) is 5.69 Å². The summed E-state index contributed by atoms with van der Waals surface area (Å²) in [5.41, 5.74) is 7.32. The molecule has 2 atom stereocenters. The molecule has 0 bridgehead atoms. The van der Waals surface area contributed by atoms with Crippen molar-refractivity contribution in [1.82, 2.24) is 5.32 Å². The Morgan fingerprint density at radius 1 is 1.08 bits per heavy atom. The Labute approximate surface area is 154 Å². The van der Waals surface area contributed by atoms with E-state index in [1.165, 1.54) is 6.42 Å². The highest BCUT2D eigenvalue weighted by Crippen LogP contribution is 2.25. The van der Waals surface area contributed by atoms with Gasteiger partial charge in [-0.1, -0.05) is 31.4 Å². The van der Waals surface area contributed by atoms with Crippen molar-refractivity contribution in [1.29, 1.82) is 0 Å². The second-order valence-electron chi connectivity index (χ2n) is 7.30. The topological polar surface area (TPSA) is 93.5 Å². The fourth-order valence-corrected chi connectivity index (χ4v) is 3.74. The molecule has 2 fully saturated rings. The van der Waals surface area contributed by atoms with Gasteiger partial charge >= 0.3 is 0 Å². The molecule has 0 unspecified atom stereocenters. The van der Waals surface area contributed by atoms with Gasteiger partial charge in [-0.3, -0.25) is 9.59 Å². The molecule has 1 saturated carbocycles. The highest BCUT2D eigenvalue weighted by atomic mass is 16.5. The maximum absolute atomic E-state index is 12.4. The van der Waals surface area contributed by atoms with Crippen molar-refractivity contribution in [2.24, 2.45) is 11.7 Å². The molecule has 0 spiro atoms. The van der Waals surface area contributed by atoms with E-state index in [0.717, 1.165) is 43.4 Å². The summed E-state index contributed by atoms with van der Waals surface area (Å²) in [4.78, 5) is 24.6. The van der Waals surface area contributed by atoms with Crippen LogP contribution in [0.25, 0.3) is 0 Å². The molecule has 6 heteroatoms. The first kappa shape index (κ1) is 18.9. The molecule has 3 rings (SSSR count). The van der Waals surface area contributed by atoms with Gasteiger partial charge in [0.15, 0.2) is 0 Å². The van der Waals surface area contributed by atoms with Gasteiger partial charge in [0.2, 0.25) is 11.8 Å². The third kappa shape index (κ3) is 5.05. The van der Waals surface area contributed by atoms with Crippen molar-refractivity contribution in [3.8, 4) is 0 Å². The zero-order valence-corrected chi connectivity index (χ0v) is 15.2. The summed E-state index contributed by atoms with van der Waals surface area (Å²) in [5, 5.41) is 5.93. The minimum absolute atomic E-state index is 0.0101. The largest absolute Gasteiger partial charge is 0.364 e. The number of nitrogens with two attached hydrogens (primary N) is 1. The molecule has 0 aromatic heterocycles. The summed E-state index contributed by atoms with van der Waals surface area (Å²) in [6.45, 7) is 0.867. The van der Waals surface area contributed by atoms with E-state index >= 15 is 0 Å². The quantitative estimate of drug-likeness (QED) is 0.727. The third-order valence-corrected chi connectivity index (χ3v) is 5.30. The molecule has 1 aliphatic carbocycles. The lowest BCUT2D eigenvalue weighted by Crippen LogP contribution is -2.35. The highest BCUT2D eigenvalue weighted by molar-refractivity contribution is 5.92. The summed E-state index contributed by atoms with van der Waals surface area (Å²) in [6.07, 6.45) is 6.59. The molecule has 0 radical (unpaired) electrons. The molecule has 6 nitrogen and oxygen atoms in total. The van der Waals surface area contributed by atoms with Gasteiger partial charge in [-0.15, -0.1) is 0 Å². The van der Waals surface area contributed by atoms with Crippen LogP contribution in [0.5, 0.6) is 0 Å². The third-order valence-electron chi connectivity index (χ3n) is 5.30. The minimum atomic E-state index is -0.405. The van der Waals surface area contributed by atoms with Crippen LogP contribution in [0, 0.1) is 5.92 Å². The number of anilines is 1. The lowest BCUT2D eigenvalue weighted by Gasteiger charge is -2.21. The Balaban J connectivity index is 1.49. The molecular weight excluding hydrogens is 330 g/mol. The van der Waals surface area contributed by atoms with Gasteiger partial charge in [0.25, 0.3) is 0 Å². The molecule has 4 N–H and O–H groups in total.